The summed E-state index contributed by atoms with van der Waals surface area (Å²) in [5.41, 5.74) is 8.19. The Balaban J connectivity index is 2.33. The first kappa shape index (κ1) is 10.1. The van der Waals surface area contributed by atoms with E-state index < -0.39 is 0 Å². The number of hydrogen-bond donors (Lipinski definition) is 1. The molecule has 0 radical (unpaired) electrons. The van der Waals surface area contributed by atoms with Crippen LogP contribution in [-0.4, -0.2) is 9.78 Å². The molecule has 0 atom stereocenters. The molecule has 0 unspecified atom stereocenters. The number of fused-ring (bicyclic) bond motifs is 1. The standard InChI is InChI=1S/C12H14ClN3/c1-2-16-11(13)10-8(12(14)6-7-12)4-3-5-9(10)15-16/h3-5H,2,6-7,14H2,1H3. The number of benzene rings is 1. The number of hydrogen-bond acceptors (Lipinski definition) is 2. The van der Waals surface area contributed by atoms with Gasteiger partial charge < -0.3 is 5.73 Å². The predicted molar refractivity (Wildman–Crippen MR) is 65.5 cm³/mol. The Bertz CT molecular complexity index is 555. The lowest BCUT2D eigenvalue weighted by Gasteiger charge is -2.10. The molecule has 1 fully saturated rings. The fraction of sp³-hybridized carbons (Fsp3) is 0.417. The number of halogens is 1. The Morgan fingerprint density at radius 1 is 1.50 bits per heavy atom. The zero-order valence-electron chi connectivity index (χ0n) is 9.20. The summed E-state index contributed by atoms with van der Waals surface area (Å²) < 4.78 is 1.82. The van der Waals surface area contributed by atoms with Gasteiger partial charge in [0, 0.05) is 17.5 Å². The number of nitrogens with zero attached hydrogens (tertiary/aromatic N) is 2. The first-order valence-corrected chi connectivity index (χ1v) is 5.98. The lowest BCUT2D eigenvalue weighted by molar-refractivity contribution is 0.668. The first-order valence-electron chi connectivity index (χ1n) is 5.60. The molecule has 0 aliphatic heterocycles. The molecule has 3 nitrogen and oxygen atoms in total. The maximum absolute atomic E-state index is 6.34. The summed E-state index contributed by atoms with van der Waals surface area (Å²) in [6, 6.07) is 6.07. The van der Waals surface area contributed by atoms with Crippen LogP contribution in [0.15, 0.2) is 18.2 Å². The second-order valence-corrected chi connectivity index (χ2v) is 4.82. The summed E-state index contributed by atoms with van der Waals surface area (Å²) in [4.78, 5) is 0. The van der Waals surface area contributed by atoms with Crippen molar-refractivity contribution in [1.82, 2.24) is 9.78 Å². The molecule has 1 aromatic heterocycles. The fourth-order valence-electron chi connectivity index (χ4n) is 2.17. The summed E-state index contributed by atoms with van der Waals surface area (Å²) in [7, 11) is 0. The molecule has 1 aliphatic rings. The quantitative estimate of drug-likeness (QED) is 0.870. The molecular weight excluding hydrogens is 222 g/mol. The van der Waals surface area contributed by atoms with E-state index in [4.69, 9.17) is 17.3 Å². The second kappa shape index (κ2) is 3.22. The molecule has 84 valence electrons. The van der Waals surface area contributed by atoms with E-state index in [0.717, 1.165) is 35.9 Å². The maximum atomic E-state index is 6.34. The molecule has 1 aliphatic carbocycles. The highest BCUT2D eigenvalue weighted by Gasteiger charge is 2.41. The van der Waals surface area contributed by atoms with Gasteiger partial charge in [0.2, 0.25) is 0 Å². The average molecular weight is 236 g/mol. The molecule has 1 aromatic carbocycles. The lowest BCUT2D eigenvalue weighted by Crippen LogP contribution is -2.18. The predicted octanol–water partition coefficient (Wildman–Crippen LogP) is 2.66. The number of aromatic nitrogens is 2. The average Bonchev–Trinajstić information content (AvgIpc) is 2.95. The van der Waals surface area contributed by atoms with Crippen LogP contribution >= 0.6 is 11.6 Å². The molecule has 2 aromatic rings. The summed E-state index contributed by atoms with van der Waals surface area (Å²) in [5.74, 6) is 0. The van der Waals surface area contributed by atoms with E-state index in [9.17, 15) is 0 Å². The Morgan fingerprint density at radius 3 is 2.88 bits per heavy atom. The van der Waals surface area contributed by atoms with E-state index in [2.05, 4.69) is 11.2 Å². The molecule has 0 spiro atoms. The summed E-state index contributed by atoms with van der Waals surface area (Å²) in [6.45, 7) is 2.82. The fourth-order valence-corrected chi connectivity index (χ4v) is 2.53. The molecule has 16 heavy (non-hydrogen) atoms. The molecule has 0 bridgehead atoms. The smallest absolute Gasteiger partial charge is 0.135 e. The molecular formula is C12H14ClN3. The van der Waals surface area contributed by atoms with Gasteiger partial charge in [-0.3, -0.25) is 4.68 Å². The number of aryl methyl sites for hydroxylation is 1. The molecule has 3 rings (SSSR count). The van der Waals surface area contributed by atoms with Crippen LogP contribution < -0.4 is 5.73 Å². The highest BCUT2D eigenvalue weighted by Crippen LogP contribution is 2.46. The number of nitrogens with two attached hydrogens (primary N) is 1. The molecule has 0 amide bonds. The molecule has 0 saturated heterocycles. The minimum atomic E-state index is -0.162. The van der Waals surface area contributed by atoms with Crippen molar-refractivity contribution < 1.29 is 0 Å². The molecule has 1 saturated carbocycles. The van der Waals surface area contributed by atoms with Crippen molar-refractivity contribution in [2.45, 2.75) is 31.8 Å². The third-order valence-corrected chi connectivity index (χ3v) is 3.71. The van der Waals surface area contributed by atoms with Gasteiger partial charge in [-0.1, -0.05) is 23.7 Å². The van der Waals surface area contributed by atoms with Crippen molar-refractivity contribution in [3.05, 3.63) is 28.9 Å². The molecule has 2 N–H and O–H groups in total. The van der Waals surface area contributed by atoms with Crippen LogP contribution in [0.5, 0.6) is 0 Å². The van der Waals surface area contributed by atoms with Gasteiger partial charge in [0.25, 0.3) is 0 Å². The third kappa shape index (κ3) is 1.28. The van der Waals surface area contributed by atoms with Gasteiger partial charge >= 0.3 is 0 Å². The van der Waals surface area contributed by atoms with Gasteiger partial charge in [-0.25, -0.2) is 0 Å². The van der Waals surface area contributed by atoms with E-state index in [1.807, 2.05) is 23.7 Å². The summed E-state index contributed by atoms with van der Waals surface area (Å²) >= 11 is 6.34. The van der Waals surface area contributed by atoms with Crippen molar-refractivity contribution in [1.29, 1.82) is 0 Å². The SMILES string of the molecule is CCn1nc2cccc(C3(N)CC3)c2c1Cl. The summed E-state index contributed by atoms with van der Waals surface area (Å²) in [6.07, 6.45) is 2.08. The summed E-state index contributed by atoms with van der Waals surface area (Å²) in [5, 5.41) is 6.21. The van der Waals surface area contributed by atoms with Crippen LogP contribution in [0.2, 0.25) is 5.15 Å². The van der Waals surface area contributed by atoms with E-state index in [-0.39, 0.29) is 5.54 Å². The zero-order chi connectivity index (χ0) is 11.3. The van der Waals surface area contributed by atoms with E-state index >= 15 is 0 Å². The Morgan fingerprint density at radius 2 is 2.25 bits per heavy atom. The van der Waals surface area contributed by atoms with Crippen molar-refractivity contribution in [2.75, 3.05) is 0 Å². The molecule has 1 heterocycles. The van der Waals surface area contributed by atoms with Crippen molar-refractivity contribution >= 4 is 22.5 Å². The van der Waals surface area contributed by atoms with Gasteiger partial charge in [0.15, 0.2) is 0 Å². The lowest BCUT2D eigenvalue weighted by atomic mass is 10.0. The van der Waals surface area contributed by atoms with Crippen molar-refractivity contribution in [3.8, 4) is 0 Å². The van der Waals surface area contributed by atoms with Crippen LogP contribution in [0, 0.1) is 0 Å². The zero-order valence-corrected chi connectivity index (χ0v) is 9.96. The second-order valence-electron chi connectivity index (χ2n) is 4.46. The van der Waals surface area contributed by atoms with Gasteiger partial charge in [0.1, 0.15) is 5.15 Å². The van der Waals surface area contributed by atoms with Gasteiger partial charge in [0.05, 0.1) is 5.52 Å². The van der Waals surface area contributed by atoms with E-state index in [1.165, 1.54) is 0 Å². The minimum Gasteiger partial charge on any atom is -0.321 e. The monoisotopic (exact) mass is 235 g/mol. The molecule has 4 heteroatoms. The van der Waals surface area contributed by atoms with E-state index in [1.54, 1.807) is 0 Å². The number of rotatable bonds is 2. The topological polar surface area (TPSA) is 43.8 Å². The van der Waals surface area contributed by atoms with Gasteiger partial charge in [-0.15, -0.1) is 0 Å². The van der Waals surface area contributed by atoms with Gasteiger partial charge in [-0.05, 0) is 31.4 Å². The largest absolute Gasteiger partial charge is 0.321 e. The van der Waals surface area contributed by atoms with Crippen LogP contribution in [0.3, 0.4) is 0 Å². The Kier molecular flexibility index (Phi) is 2.03. The third-order valence-electron chi connectivity index (χ3n) is 3.33. The first-order chi connectivity index (χ1) is 7.65. The highest BCUT2D eigenvalue weighted by molar-refractivity contribution is 6.34. The maximum Gasteiger partial charge on any atom is 0.135 e. The van der Waals surface area contributed by atoms with Crippen molar-refractivity contribution in [2.24, 2.45) is 5.73 Å². The highest BCUT2D eigenvalue weighted by atomic mass is 35.5. The van der Waals surface area contributed by atoms with Crippen LogP contribution in [-0.2, 0) is 12.1 Å². The Hall–Kier alpha value is -1.06. The Labute approximate surface area is 99.2 Å². The van der Waals surface area contributed by atoms with Crippen LogP contribution in [0.1, 0.15) is 25.3 Å². The van der Waals surface area contributed by atoms with Gasteiger partial charge in [-0.2, -0.15) is 5.10 Å². The van der Waals surface area contributed by atoms with Crippen molar-refractivity contribution in [3.63, 3.8) is 0 Å². The van der Waals surface area contributed by atoms with E-state index in [0.29, 0.717) is 5.15 Å². The van der Waals surface area contributed by atoms with Crippen LogP contribution in [0.4, 0.5) is 0 Å². The van der Waals surface area contributed by atoms with Crippen LogP contribution in [0.25, 0.3) is 10.9 Å². The normalized spacial score (nSPS) is 17.9. The minimum absolute atomic E-state index is 0.162.